The molecule has 7 nitrogen and oxygen atoms in total. The number of rotatable bonds is 5. The van der Waals surface area contributed by atoms with E-state index in [1.54, 1.807) is 42.6 Å². The number of ether oxygens (including phenoxy) is 1. The maximum Gasteiger partial charge on any atom is 0.379 e. The van der Waals surface area contributed by atoms with E-state index in [0.717, 1.165) is 0 Å². The highest BCUT2D eigenvalue weighted by molar-refractivity contribution is 9.10. The Kier molecular flexibility index (Phi) is 5.55. The fraction of sp³-hybridized carbons (Fsp3) is 0. The Hall–Kier alpha value is -3.26. The second-order valence-corrected chi connectivity index (χ2v) is 5.95. The molecular weight excluding hydrogens is 402 g/mol. The van der Waals surface area contributed by atoms with E-state index in [2.05, 4.69) is 31.4 Å². The third kappa shape index (κ3) is 4.64. The molecule has 0 saturated carbocycles. The molecule has 0 radical (unpaired) electrons. The van der Waals surface area contributed by atoms with Crippen LogP contribution in [0.25, 0.3) is 0 Å². The average molecular weight is 414 g/mol. The quantitative estimate of drug-likeness (QED) is 0.299. The summed E-state index contributed by atoms with van der Waals surface area (Å²) in [5, 5.41) is 3.89. The molecule has 0 unspecified atom stereocenters. The summed E-state index contributed by atoms with van der Waals surface area (Å²) in [7, 11) is 0. The zero-order valence-corrected chi connectivity index (χ0v) is 14.8. The van der Waals surface area contributed by atoms with Gasteiger partial charge in [0.15, 0.2) is 0 Å². The molecule has 130 valence electrons. The number of furan rings is 1. The standard InChI is InChI=1S/C18H12BrN3O4/c19-14-8-13(10-20-11-14)17(23)22-21-9-12-3-1-4-15(7-12)26-18(24)16-5-2-6-25-16/h1-11H,(H,22,23). The summed E-state index contributed by atoms with van der Waals surface area (Å²) in [6, 6.07) is 11.4. The van der Waals surface area contributed by atoms with Crippen molar-refractivity contribution in [2.75, 3.05) is 0 Å². The number of nitrogens with zero attached hydrogens (tertiary/aromatic N) is 2. The van der Waals surface area contributed by atoms with Gasteiger partial charge in [0, 0.05) is 16.9 Å². The van der Waals surface area contributed by atoms with Crippen molar-refractivity contribution < 1.29 is 18.7 Å². The molecule has 2 aromatic heterocycles. The number of hydrogen-bond donors (Lipinski definition) is 1. The van der Waals surface area contributed by atoms with Gasteiger partial charge in [0.2, 0.25) is 5.76 Å². The minimum Gasteiger partial charge on any atom is -0.457 e. The summed E-state index contributed by atoms with van der Waals surface area (Å²) in [5.41, 5.74) is 3.42. The summed E-state index contributed by atoms with van der Waals surface area (Å²) < 4.78 is 10.9. The number of hydrazone groups is 1. The number of benzene rings is 1. The maximum absolute atomic E-state index is 12.0. The Morgan fingerprint density at radius 3 is 2.85 bits per heavy atom. The number of carbonyl (C=O) groups excluding carboxylic acids is 2. The molecule has 3 rings (SSSR count). The number of carbonyl (C=O) groups is 2. The van der Waals surface area contributed by atoms with Crippen molar-refractivity contribution in [3.63, 3.8) is 0 Å². The maximum atomic E-state index is 12.0. The number of pyridine rings is 1. The number of amides is 1. The topological polar surface area (TPSA) is 93.8 Å². The van der Waals surface area contributed by atoms with Gasteiger partial charge in [-0.2, -0.15) is 5.10 Å². The molecule has 1 amide bonds. The van der Waals surface area contributed by atoms with Crippen molar-refractivity contribution in [2.45, 2.75) is 0 Å². The molecule has 0 aliphatic heterocycles. The zero-order valence-electron chi connectivity index (χ0n) is 13.3. The van der Waals surface area contributed by atoms with Crippen LogP contribution < -0.4 is 10.2 Å². The molecular formula is C18H12BrN3O4. The summed E-state index contributed by atoms with van der Waals surface area (Å²) in [4.78, 5) is 27.7. The molecule has 26 heavy (non-hydrogen) atoms. The van der Waals surface area contributed by atoms with Crippen LogP contribution in [0.1, 0.15) is 26.5 Å². The van der Waals surface area contributed by atoms with Crippen LogP contribution in [0.4, 0.5) is 0 Å². The van der Waals surface area contributed by atoms with E-state index in [9.17, 15) is 9.59 Å². The summed E-state index contributed by atoms with van der Waals surface area (Å²) in [6.45, 7) is 0. The summed E-state index contributed by atoms with van der Waals surface area (Å²) >= 11 is 3.25. The lowest BCUT2D eigenvalue weighted by molar-refractivity contribution is 0.0701. The first-order valence-electron chi connectivity index (χ1n) is 7.41. The van der Waals surface area contributed by atoms with Crippen LogP contribution in [-0.2, 0) is 0 Å². The lowest BCUT2D eigenvalue weighted by atomic mass is 10.2. The van der Waals surface area contributed by atoms with E-state index in [1.807, 2.05) is 0 Å². The van der Waals surface area contributed by atoms with Crippen molar-refractivity contribution in [3.8, 4) is 5.75 Å². The van der Waals surface area contributed by atoms with Crippen LogP contribution in [0, 0.1) is 0 Å². The van der Waals surface area contributed by atoms with Gasteiger partial charge in [0.05, 0.1) is 18.0 Å². The Bertz CT molecular complexity index is 955. The lowest BCUT2D eigenvalue weighted by Crippen LogP contribution is -2.17. The van der Waals surface area contributed by atoms with E-state index in [4.69, 9.17) is 9.15 Å². The van der Waals surface area contributed by atoms with E-state index in [1.165, 1.54) is 24.7 Å². The first-order valence-corrected chi connectivity index (χ1v) is 8.21. The van der Waals surface area contributed by atoms with Crippen LogP contribution in [0.2, 0.25) is 0 Å². The van der Waals surface area contributed by atoms with E-state index < -0.39 is 11.9 Å². The number of halogens is 1. The van der Waals surface area contributed by atoms with E-state index >= 15 is 0 Å². The third-order valence-corrected chi connectivity index (χ3v) is 3.57. The average Bonchev–Trinajstić information content (AvgIpc) is 3.17. The highest BCUT2D eigenvalue weighted by Crippen LogP contribution is 2.14. The number of esters is 1. The van der Waals surface area contributed by atoms with E-state index in [0.29, 0.717) is 21.3 Å². The van der Waals surface area contributed by atoms with Crippen LogP contribution in [-0.4, -0.2) is 23.1 Å². The minimum atomic E-state index is -0.598. The van der Waals surface area contributed by atoms with Gasteiger partial charge in [0.25, 0.3) is 5.91 Å². The first kappa shape index (κ1) is 17.6. The molecule has 0 atom stereocenters. The molecule has 0 saturated heterocycles. The van der Waals surface area contributed by atoms with Gasteiger partial charge in [0.1, 0.15) is 5.75 Å². The van der Waals surface area contributed by atoms with Gasteiger partial charge in [-0.25, -0.2) is 10.2 Å². The largest absolute Gasteiger partial charge is 0.457 e. The fourth-order valence-corrected chi connectivity index (χ4v) is 2.34. The van der Waals surface area contributed by atoms with Gasteiger partial charge in [-0.05, 0) is 51.8 Å². The Labute approximate surface area is 156 Å². The highest BCUT2D eigenvalue weighted by Gasteiger charge is 2.11. The van der Waals surface area contributed by atoms with E-state index in [-0.39, 0.29) is 5.76 Å². The van der Waals surface area contributed by atoms with Crippen LogP contribution >= 0.6 is 15.9 Å². The van der Waals surface area contributed by atoms with Gasteiger partial charge in [-0.15, -0.1) is 0 Å². The van der Waals surface area contributed by atoms with Gasteiger partial charge < -0.3 is 9.15 Å². The zero-order chi connectivity index (χ0) is 18.4. The smallest absolute Gasteiger partial charge is 0.379 e. The number of aromatic nitrogens is 1. The molecule has 0 spiro atoms. The third-order valence-electron chi connectivity index (χ3n) is 3.14. The van der Waals surface area contributed by atoms with Crippen molar-refractivity contribution in [1.29, 1.82) is 0 Å². The van der Waals surface area contributed by atoms with Gasteiger partial charge in [-0.1, -0.05) is 12.1 Å². The fourth-order valence-electron chi connectivity index (χ4n) is 1.98. The second-order valence-electron chi connectivity index (χ2n) is 5.03. The van der Waals surface area contributed by atoms with Crippen LogP contribution in [0.5, 0.6) is 5.75 Å². The molecule has 0 aliphatic rings. The second kappa shape index (κ2) is 8.21. The molecule has 1 aromatic carbocycles. The normalized spacial score (nSPS) is 10.7. The van der Waals surface area contributed by atoms with Crippen LogP contribution in [0.15, 0.2) is 75.1 Å². The molecule has 3 aromatic rings. The highest BCUT2D eigenvalue weighted by atomic mass is 79.9. The molecule has 2 heterocycles. The first-order chi connectivity index (χ1) is 12.6. The Morgan fingerprint density at radius 2 is 2.08 bits per heavy atom. The monoisotopic (exact) mass is 413 g/mol. The molecule has 1 N–H and O–H groups in total. The summed E-state index contributed by atoms with van der Waals surface area (Å²) in [6.07, 6.45) is 5.84. The SMILES string of the molecule is O=C(NN=Cc1cccc(OC(=O)c2ccco2)c1)c1cncc(Br)c1. The van der Waals surface area contributed by atoms with Gasteiger partial charge in [-0.3, -0.25) is 9.78 Å². The predicted octanol–water partition coefficient (Wildman–Crippen LogP) is 3.42. The van der Waals surface area contributed by atoms with Crippen molar-refractivity contribution in [3.05, 3.63) is 82.5 Å². The Morgan fingerprint density at radius 1 is 1.19 bits per heavy atom. The molecule has 0 aliphatic carbocycles. The molecule has 8 heteroatoms. The van der Waals surface area contributed by atoms with Crippen molar-refractivity contribution in [1.82, 2.24) is 10.4 Å². The van der Waals surface area contributed by atoms with Crippen LogP contribution in [0.3, 0.4) is 0 Å². The van der Waals surface area contributed by atoms with Crippen molar-refractivity contribution >= 4 is 34.0 Å². The number of nitrogens with one attached hydrogen (secondary N) is 1. The summed E-state index contributed by atoms with van der Waals surface area (Å²) in [5.74, 6) is -0.549. The Balaban J connectivity index is 1.62. The molecule has 0 bridgehead atoms. The molecule has 0 fully saturated rings. The minimum absolute atomic E-state index is 0.110. The predicted molar refractivity (Wildman–Crippen MR) is 97.1 cm³/mol. The van der Waals surface area contributed by atoms with Crippen molar-refractivity contribution in [2.24, 2.45) is 5.10 Å². The van der Waals surface area contributed by atoms with Gasteiger partial charge >= 0.3 is 5.97 Å². The number of hydrogen-bond acceptors (Lipinski definition) is 6. The lowest BCUT2D eigenvalue weighted by Gasteiger charge is -2.03.